The first-order valence-electron chi connectivity index (χ1n) is 15.7. The van der Waals surface area contributed by atoms with E-state index in [4.69, 9.17) is 23.7 Å². The van der Waals surface area contributed by atoms with Gasteiger partial charge >= 0.3 is 0 Å². The molecule has 2 aliphatic rings. The van der Waals surface area contributed by atoms with Crippen molar-refractivity contribution < 1.29 is 23.7 Å². The van der Waals surface area contributed by atoms with E-state index in [1.807, 2.05) is 18.2 Å². The molecule has 7 heteroatoms. The highest BCUT2D eigenvalue weighted by Crippen LogP contribution is 2.41. The summed E-state index contributed by atoms with van der Waals surface area (Å²) in [6.45, 7) is 2.01. The van der Waals surface area contributed by atoms with Gasteiger partial charge < -0.3 is 23.7 Å². The third-order valence-electron chi connectivity index (χ3n) is 9.49. The summed E-state index contributed by atoms with van der Waals surface area (Å²) in [5, 5.41) is 0. The molecule has 0 saturated heterocycles. The Kier molecular flexibility index (Phi) is 9.19. The van der Waals surface area contributed by atoms with Crippen LogP contribution in [0.25, 0.3) is 0 Å². The fourth-order valence-corrected chi connectivity index (χ4v) is 6.81. The molecular formula is C38H44N2O5. The molecule has 0 aliphatic carbocycles. The van der Waals surface area contributed by atoms with Gasteiger partial charge in [-0.05, 0) is 122 Å². The lowest BCUT2D eigenvalue weighted by atomic mass is 9.88. The molecule has 0 saturated carbocycles. The Balaban J connectivity index is 1.27. The predicted molar refractivity (Wildman–Crippen MR) is 178 cm³/mol. The van der Waals surface area contributed by atoms with E-state index in [0.717, 1.165) is 67.5 Å². The van der Waals surface area contributed by atoms with Gasteiger partial charge in [-0.25, -0.2) is 0 Å². The Labute approximate surface area is 267 Å². The van der Waals surface area contributed by atoms with Crippen molar-refractivity contribution in [2.45, 2.75) is 37.8 Å². The lowest BCUT2D eigenvalue weighted by Crippen LogP contribution is -2.33. The minimum Gasteiger partial charge on any atom is -0.497 e. The number of hydrogen-bond donors (Lipinski definition) is 0. The normalized spacial score (nSPS) is 18.1. The number of benzene rings is 4. The first-order chi connectivity index (χ1) is 21.9. The summed E-state index contributed by atoms with van der Waals surface area (Å²) in [4.78, 5) is 4.86. The molecule has 4 aromatic rings. The van der Waals surface area contributed by atoms with Gasteiger partial charge in [0, 0.05) is 25.2 Å². The van der Waals surface area contributed by atoms with Crippen molar-refractivity contribution in [3.8, 4) is 34.5 Å². The van der Waals surface area contributed by atoms with Crippen LogP contribution in [-0.4, -0.2) is 65.4 Å². The Bertz CT molecular complexity index is 1640. The maximum atomic E-state index is 6.61. The van der Waals surface area contributed by atoms with Gasteiger partial charge in [0.15, 0.2) is 23.0 Å². The molecule has 6 rings (SSSR count). The maximum absolute atomic E-state index is 6.61. The van der Waals surface area contributed by atoms with Crippen LogP contribution in [0.1, 0.15) is 45.5 Å². The van der Waals surface area contributed by atoms with Crippen LogP contribution in [-0.2, 0) is 25.7 Å². The van der Waals surface area contributed by atoms with E-state index in [9.17, 15) is 0 Å². The number of nitrogens with zero attached hydrogens (tertiary/aromatic N) is 2. The van der Waals surface area contributed by atoms with E-state index in [2.05, 4.69) is 78.5 Å². The first kappa shape index (κ1) is 30.8. The number of methoxy groups -OCH3 is 4. The highest BCUT2D eigenvalue weighted by Gasteiger charge is 2.28. The fourth-order valence-electron chi connectivity index (χ4n) is 6.81. The summed E-state index contributed by atoms with van der Waals surface area (Å²) in [6.07, 6.45) is 3.75. The average molecular weight is 609 g/mol. The van der Waals surface area contributed by atoms with E-state index in [0.29, 0.717) is 5.75 Å². The van der Waals surface area contributed by atoms with Gasteiger partial charge in [0.25, 0.3) is 0 Å². The summed E-state index contributed by atoms with van der Waals surface area (Å²) < 4.78 is 29.0. The SMILES string of the molecule is COc1ccc(C[C@@H]2c3cc(Oc4cc(C[C@@H]5c6cc(OC)c(OC)cc6CCN5C)ccc4OC)ccc3CCN2C)cc1. The zero-order chi connectivity index (χ0) is 31.5. The van der Waals surface area contributed by atoms with Crippen LogP contribution in [0.2, 0.25) is 0 Å². The molecule has 2 atom stereocenters. The number of fused-ring (bicyclic) bond motifs is 2. The molecule has 45 heavy (non-hydrogen) atoms. The number of hydrogen-bond acceptors (Lipinski definition) is 7. The Morgan fingerprint density at radius 3 is 1.78 bits per heavy atom. The van der Waals surface area contributed by atoms with Gasteiger partial charge in [-0.3, -0.25) is 9.80 Å². The smallest absolute Gasteiger partial charge is 0.169 e. The molecule has 0 amide bonds. The molecule has 7 nitrogen and oxygen atoms in total. The molecule has 0 N–H and O–H groups in total. The summed E-state index contributed by atoms with van der Waals surface area (Å²) in [5.74, 6) is 4.67. The van der Waals surface area contributed by atoms with Crippen molar-refractivity contribution in [3.63, 3.8) is 0 Å². The minimum atomic E-state index is 0.202. The molecule has 0 unspecified atom stereocenters. The standard InChI is InChI=1S/C38H44N2O5/c1-39-17-15-27-10-13-30(23-31(27)33(39)19-25-7-11-29(41-3)12-8-25)45-38-21-26(9-14-35(38)42-4)20-34-32-24-37(44-6)36(43-5)22-28(32)16-18-40(34)2/h7-14,21-24,33-34H,15-20H2,1-6H3/t33-,34-/m1/s1. The molecule has 2 aliphatic heterocycles. The second-order valence-electron chi connectivity index (χ2n) is 12.1. The molecule has 0 radical (unpaired) electrons. The topological polar surface area (TPSA) is 52.6 Å². The van der Waals surface area contributed by atoms with Gasteiger partial charge in [0.05, 0.1) is 28.4 Å². The molecule has 0 aromatic heterocycles. The lowest BCUT2D eigenvalue weighted by Gasteiger charge is -2.35. The van der Waals surface area contributed by atoms with Gasteiger partial charge in [-0.1, -0.05) is 24.3 Å². The quantitative estimate of drug-likeness (QED) is 0.191. The predicted octanol–water partition coefficient (Wildman–Crippen LogP) is 7.06. The average Bonchev–Trinajstić information content (AvgIpc) is 3.07. The van der Waals surface area contributed by atoms with E-state index in [1.54, 1.807) is 28.4 Å². The Hall–Kier alpha value is -4.20. The van der Waals surface area contributed by atoms with E-state index >= 15 is 0 Å². The minimum absolute atomic E-state index is 0.202. The second kappa shape index (κ2) is 13.4. The van der Waals surface area contributed by atoms with E-state index in [1.165, 1.54) is 33.4 Å². The van der Waals surface area contributed by atoms with Crippen LogP contribution in [0, 0.1) is 0 Å². The van der Waals surface area contributed by atoms with E-state index < -0.39 is 0 Å². The number of likely N-dealkylation sites (N-methyl/N-ethyl adjacent to an activating group) is 2. The van der Waals surface area contributed by atoms with Gasteiger partial charge in [-0.15, -0.1) is 0 Å². The summed E-state index contributed by atoms with van der Waals surface area (Å²) in [6, 6.07) is 25.9. The third kappa shape index (κ3) is 6.46. The zero-order valence-electron chi connectivity index (χ0n) is 27.3. The van der Waals surface area contributed by atoms with E-state index in [-0.39, 0.29) is 12.1 Å². The molecule has 236 valence electrons. The Morgan fingerprint density at radius 1 is 0.533 bits per heavy atom. The van der Waals surface area contributed by atoms with Gasteiger partial charge in [0.2, 0.25) is 0 Å². The molecule has 0 bridgehead atoms. The largest absolute Gasteiger partial charge is 0.497 e. The first-order valence-corrected chi connectivity index (χ1v) is 15.7. The molecule has 4 aromatic carbocycles. The van der Waals surface area contributed by atoms with Crippen LogP contribution in [0.4, 0.5) is 0 Å². The molecule has 0 spiro atoms. The monoisotopic (exact) mass is 608 g/mol. The summed E-state index contributed by atoms with van der Waals surface area (Å²) >= 11 is 0. The van der Waals surface area contributed by atoms with Crippen LogP contribution in [0.3, 0.4) is 0 Å². The Morgan fingerprint density at radius 2 is 1.11 bits per heavy atom. The van der Waals surface area contributed by atoms with Crippen LogP contribution >= 0.6 is 0 Å². The number of rotatable bonds is 10. The van der Waals surface area contributed by atoms with Crippen molar-refractivity contribution in [1.29, 1.82) is 0 Å². The van der Waals surface area contributed by atoms with Crippen molar-refractivity contribution in [3.05, 3.63) is 106 Å². The van der Waals surface area contributed by atoms with Crippen molar-refractivity contribution in [1.82, 2.24) is 9.80 Å². The van der Waals surface area contributed by atoms with Crippen molar-refractivity contribution >= 4 is 0 Å². The highest BCUT2D eigenvalue weighted by atomic mass is 16.5. The second-order valence-corrected chi connectivity index (χ2v) is 12.1. The third-order valence-corrected chi connectivity index (χ3v) is 9.49. The molecule has 0 fully saturated rings. The van der Waals surface area contributed by atoms with Crippen molar-refractivity contribution in [2.75, 3.05) is 55.6 Å². The molecule has 2 heterocycles. The highest BCUT2D eigenvalue weighted by molar-refractivity contribution is 5.51. The van der Waals surface area contributed by atoms with Crippen LogP contribution < -0.4 is 23.7 Å². The number of ether oxygens (including phenoxy) is 5. The van der Waals surface area contributed by atoms with Crippen molar-refractivity contribution in [2.24, 2.45) is 0 Å². The maximum Gasteiger partial charge on any atom is 0.169 e. The zero-order valence-corrected chi connectivity index (χ0v) is 27.3. The fraction of sp³-hybridized carbons (Fsp3) is 0.368. The molecular weight excluding hydrogens is 564 g/mol. The van der Waals surface area contributed by atoms with Crippen LogP contribution in [0.5, 0.6) is 34.5 Å². The van der Waals surface area contributed by atoms with Gasteiger partial charge in [0.1, 0.15) is 11.5 Å². The summed E-state index contributed by atoms with van der Waals surface area (Å²) in [5.41, 5.74) is 7.75. The summed E-state index contributed by atoms with van der Waals surface area (Å²) in [7, 11) is 11.2. The van der Waals surface area contributed by atoms with Crippen LogP contribution in [0.15, 0.2) is 72.8 Å². The lowest BCUT2D eigenvalue weighted by molar-refractivity contribution is 0.227. The van der Waals surface area contributed by atoms with Gasteiger partial charge in [-0.2, -0.15) is 0 Å².